The predicted octanol–water partition coefficient (Wildman–Crippen LogP) is 2.52. The Hall–Kier alpha value is -1.75. The van der Waals surface area contributed by atoms with Crippen molar-refractivity contribution in [2.75, 3.05) is 0 Å². The van der Waals surface area contributed by atoms with Crippen LogP contribution < -0.4 is 0 Å². The molecule has 1 saturated carbocycles. The SMILES string of the molecule is Cc1ccc(Cc2noc(C3(O)CCCCC3)n2)cn1. The van der Waals surface area contributed by atoms with Gasteiger partial charge in [0.05, 0.1) is 0 Å². The molecule has 5 nitrogen and oxygen atoms in total. The smallest absolute Gasteiger partial charge is 0.258 e. The summed E-state index contributed by atoms with van der Waals surface area (Å²) in [5.74, 6) is 0.969. The van der Waals surface area contributed by atoms with E-state index in [4.69, 9.17) is 4.52 Å². The maximum absolute atomic E-state index is 10.5. The summed E-state index contributed by atoms with van der Waals surface area (Å²) in [5.41, 5.74) is 1.10. The average molecular weight is 273 g/mol. The standard InChI is InChI=1S/C15H19N3O2/c1-11-5-6-12(10-16-11)9-13-17-14(20-18-13)15(19)7-3-2-4-8-15/h5-6,10,19H,2-4,7-9H2,1H3. The molecule has 0 aliphatic heterocycles. The van der Waals surface area contributed by atoms with Crippen molar-refractivity contribution in [2.24, 2.45) is 0 Å². The number of aliphatic hydroxyl groups is 1. The molecule has 5 heteroatoms. The Morgan fingerprint density at radius 1 is 1.25 bits per heavy atom. The normalized spacial score (nSPS) is 18.1. The van der Waals surface area contributed by atoms with Gasteiger partial charge in [-0.15, -0.1) is 0 Å². The molecule has 0 spiro atoms. The molecule has 0 aromatic carbocycles. The van der Waals surface area contributed by atoms with Gasteiger partial charge in [0.2, 0.25) is 0 Å². The van der Waals surface area contributed by atoms with Gasteiger partial charge in [0.25, 0.3) is 5.89 Å². The van der Waals surface area contributed by atoms with Crippen LogP contribution in [0.15, 0.2) is 22.9 Å². The Morgan fingerprint density at radius 3 is 2.75 bits per heavy atom. The Morgan fingerprint density at radius 2 is 2.05 bits per heavy atom. The first-order valence-corrected chi connectivity index (χ1v) is 7.13. The molecule has 0 bridgehead atoms. The van der Waals surface area contributed by atoms with Crippen molar-refractivity contribution in [1.82, 2.24) is 15.1 Å². The minimum absolute atomic E-state index is 0.368. The summed E-state index contributed by atoms with van der Waals surface area (Å²) in [7, 11) is 0. The lowest BCUT2D eigenvalue weighted by Gasteiger charge is -2.27. The van der Waals surface area contributed by atoms with Gasteiger partial charge in [0, 0.05) is 18.3 Å². The topological polar surface area (TPSA) is 72.0 Å². The fourth-order valence-corrected chi connectivity index (χ4v) is 2.65. The van der Waals surface area contributed by atoms with Crippen LogP contribution in [0.2, 0.25) is 0 Å². The molecule has 0 radical (unpaired) electrons. The Labute approximate surface area is 118 Å². The van der Waals surface area contributed by atoms with E-state index in [9.17, 15) is 5.11 Å². The van der Waals surface area contributed by atoms with E-state index in [1.165, 1.54) is 6.42 Å². The lowest BCUT2D eigenvalue weighted by atomic mass is 9.85. The molecule has 1 aliphatic rings. The summed E-state index contributed by atoms with van der Waals surface area (Å²) >= 11 is 0. The molecule has 0 unspecified atom stereocenters. The summed E-state index contributed by atoms with van der Waals surface area (Å²) in [6.45, 7) is 1.95. The maximum Gasteiger partial charge on any atom is 0.258 e. The number of hydrogen-bond donors (Lipinski definition) is 1. The molecule has 3 rings (SSSR count). The zero-order valence-corrected chi connectivity index (χ0v) is 11.7. The zero-order chi connectivity index (χ0) is 14.0. The quantitative estimate of drug-likeness (QED) is 0.930. The lowest BCUT2D eigenvalue weighted by molar-refractivity contribution is -0.0287. The fraction of sp³-hybridized carbons (Fsp3) is 0.533. The van der Waals surface area contributed by atoms with Gasteiger partial charge < -0.3 is 9.63 Å². The number of pyridine rings is 1. The van der Waals surface area contributed by atoms with Crippen LogP contribution in [0.5, 0.6) is 0 Å². The minimum Gasteiger partial charge on any atom is -0.380 e. The van der Waals surface area contributed by atoms with Crippen LogP contribution >= 0.6 is 0 Å². The summed E-state index contributed by atoms with van der Waals surface area (Å²) in [4.78, 5) is 8.62. The average Bonchev–Trinajstić information content (AvgIpc) is 2.92. The summed E-state index contributed by atoms with van der Waals surface area (Å²) in [5, 5.41) is 14.5. The van der Waals surface area contributed by atoms with Crippen molar-refractivity contribution in [3.63, 3.8) is 0 Å². The first kappa shape index (κ1) is 13.2. The van der Waals surface area contributed by atoms with E-state index in [1.54, 1.807) is 0 Å². The second-order valence-electron chi connectivity index (χ2n) is 5.59. The van der Waals surface area contributed by atoms with Gasteiger partial charge in [-0.2, -0.15) is 4.98 Å². The van der Waals surface area contributed by atoms with Gasteiger partial charge in [0.15, 0.2) is 5.82 Å². The van der Waals surface area contributed by atoms with E-state index in [1.807, 2.05) is 25.3 Å². The number of nitrogens with zero attached hydrogens (tertiary/aromatic N) is 3. The van der Waals surface area contributed by atoms with Gasteiger partial charge in [-0.05, 0) is 31.4 Å². The van der Waals surface area contributed by atoms with Gasteiger partial charge in [-0.3, -0.25) is 4.98 Å². The second kappa shape index (κ2) is 5.32. The maximum atomic E-state index is 10.5. The molecule has 2 heterocycles. The summed E-state index contributed by atoms with van der Waals surface area (Å²) < 4.78 is 5.27. The van der Waals surface area contributed by atoms with E-state index < -0.39 is 5.60 Å². The fourth-order valence-electron chi connectivity index (χ4n) is 2.65. The summed E-state index contributed by atoms with van der Waals surface area (Å²) in [6, 6.07) is 3.97. The third-order valence-corrected chi connectivity index (χ3v) is 3.88. The van der Waals surface area contributed by atoms with Gasteiger partial charge in [-0.1, -0.05) is 30.5 Å². The molecule has 1 N–H and O–H groups in total. The summed E-state index contributed by atoms with van der Waals surface area (Å²) in [6.07, 6.45) is 7.00. The molecular formula is C15H19N3O2. The molecule has 1 aliphatic carbocycles. The molecule has 1 fully saturated rings. The van der Waals surface area contributed by atoms with Crippen molar-refractivity contribution in [3.05, 3.63) is 41.3 Å². The van der Waals surface area contributed by atoms with E-state index in [0.29, 0.717) is 31.0 Å². The molecule has 2 aromatic rings. The van der Waals surface area contributed by atoms with Crippen LogP contribution in [0.25, 0.3) is 0 Å². The molecule has 106 valence electrons. The third kappa shape index (κ3) is 2.72. The minimum atomic E-state index is -0.922. The van der Waals surface area contributed by atoms with Gasteiger partial charge in [-0.25, -0.2) is 0 Å². The third-order valence-electron chi connectivity index (χ3n) is 3.88. The van der Waals surface area contributed by atoms with Crippen LogP contribution in [0.4, 0.5) is 0 Å². The predicted molar refractivity (Wildman–Crippen MR) is 73.1 cm³/mol. The van der Waals surface area contributed by atoms with Crippen LogP contribution in [-0.4, -0.2) is 20.2 Å². The second-order valence-corrected chi connectivity index (χ2v) is 5.59. The van der Waals surface area contributed by atoms with E-state index >= 15 is 0 Å². The van der Waals surface area contributed by atoms with E-state index in [2.05, 4.69) is 15.1 Å². The van der Waals surface area contributed by atoms with Crippen LogP contribution in [0.1, 0.15) is 55.1 Å². The van der Waals surface area contributed by atoms with Crippen LogP contribution in [0.3, 0.4) is 0 Å². The molecular weight excluding hydrogens is 254 g/mol. The first-order valence-electron chi connectivity index (χ1n) is 7.13. The number of hydrogen-bond acceptors (Lipinski definition) is 5. The monoisotopic (exact) mass is 273 g/mol. The Balaban J connectivity index is 1.74. The van der Waals surface area contributed by atoms with Gasteiger partial charge in [0.1, 0.15) is 5.60 Å². The highest BCUT2D eigenvalue weighted by Crippen LogP contribution is 2.35. The Kier molecular flexibility index (Phi) is 3.53. The lowest BCUT2D eigenvalue weighted by Crippen LogP contribution is -2.28. The van der Waals surface area contributed by atoms with Crippen molar-refractivity contribution in [1.29, 1.82) is 0 Å². The number of aromatic nitrogens is 3. The molecule has 0 amide bonds. The number of rotatable bonds is 3. The van der Waals surface area contributed by atoms with E-state index in [-0.39, 0.29) is 0 Å². The Bertz CT molecular complexity index is 571. The van der Waals surface area contributed by atoms with Crippen molar-refractivity contribution < 1.29 is 9.63 Å². The molecule has 0 atom stereocenters. The van der Waals surface area contributed by atoms with Crippen molar-refractivity contribution >= 4 is 0 Å². The highest BCUT2D eigenvalue weighted by atomic mass is 16.5. The van der Waals surface area contributed by atoms with Crippen molar-refractivity contribution in [3.8, 4) is 0 Å². The van der Waals surface area contributed by atoms with Crippen LogP contribution in [0, 0.1) is 6.92 Å². The van der Waals surface area contributed by atoms with Crippen molar-refractivity contribution in [2.45, 2.75) is 51.0 Å². The first-order chi connectivity index (χ1) is 9.66. The molecule has 2 aromatic heterocycles. The van der Waals surface area contributed by atoms with E-state index in [0.717, 1.165) is 24.1 Å². The van der Waals surface area contributed by atoms with Crippen LogP contribution in [-0.2, 0) is 12.0 Å². The molecule has 0 saturated heterocycles. The van der Waals surface area contributed by atoms with Gasteiger partial charge >= 0.3 is 0 Å². The zero-order valence-electron chi connectivity index (χ0n) is 11.7. The highest BCUT2D eigenvalue weighted by molar-refractivity contribution is 5.17. The largest absolute Gasteiger partial charge is 0.380 e. The molecule has 20 heavy (non-hydrogen) atoms. The highest BCUT2D eigenvalue weighted by Gasteiger charge is 2.36. The number of aryl methyl sites for hydroxylation is 1.